The summed E-state index contributed by atoms with van der Waals surface area (Å²) in [6.45, 7) is 3.82. The van der Waals surface area contributed by atoms with Gasteiger partial charge in [-0.25, -0.2) is 0 Å². The van der Waals surface area contributed by atoms with E-state index in [2.05, 4.69) is 26.3 Å². The molecule has 3 aromatic rings. The van der Waals surface area contributed by atoms with Gasteiger partial charge in [0.05, 0.1) is 11.9 Å². The number of nitrogens with one attached hydrogen (secondary N) is 2. The zero-order chi connectivity index (χ0) is 24.1. The summed E-state index contributed by atoms with van der Waals surface area (Å²) < 4.78 is 0. The Bertz CT molecular complexity index is 1190. The molecule has 2 aromatic heterocycles. The van der Waals surface area contributed by atoms with Crippen molar-refractivity contribution in [1.29, 1.82) is 5.41 Å². The van der Waals surface area contributed by atoms with Crippen LogP contribution in [0.1, 0.15) is 29.5 Å². The molecule has 4 N–H and O–H groups in total. The predicted molar refractivity (Wildman–Crippen MR) is 136 cm³/mol. The average molecular weight is 458 g/mol. The Balaban J connectivity index is 1.51. The number of aromatic nitrogens is 2. The lowest BCUT2D eigenvalue weighted by Gasteiger charge is -2.15. The largest absolute Gasteiger partial charge is 0.398 e. The third kappa shape index (κ3) is 5.84. The second-order valence-electron chi connectivity index (χ2n) is 9.02. The van der Waals surface area contributed by atoms with E-state index in [1.54, 1.807) is 30.7 Å². The monoisotopic (exact) mass is 457 g/mol. The molecule has 0 aliphatic carbocycles. The summed E-state index contributed by atoms with van der Waals surface area (Å²) >= 11 is 0. The van der Waals surface area contributed by atoms with E-state index in [1.165, 1.54) is 12.8 Å². The van der Waals surface area contributed by atoms with Gasteiger partial charge in [-0.2, -0.15) is 0 Å². The van der Waals surface area contributed by atoms with Crippen molar-refractivity contribution in [3.63, 3.8) is 0 Å². The lowest BCUT2D eigenvalue weighted by atomic mass is 9.99. The highest BCUT2D eigenvalue weighted by molar-refractivity contribution is 6.48. The molecule has 34 heavy (non-hydrogen) atoms. The van der Waals surface area contributed by atoms with Gasteiger partial charge in [0.1, 0.15) is 5.71 Å². The molecule has 0 spiro atoms. The fourth-order valence-electron chi connectivity index (χ4n) is 4.21. The first-order chi connectivity index (χ1) is 16.4. The molecule has 1 aliphatic heterocycles. The highest BCUT2D eigenvalue weighted by Gasteiger charge is 2.17. The van der Waals surface area contributed by atoms with Crippen LogP contribution in [0.5, 0.6) is 0 Å². The van der Waals surface area contributed by atoms with Crippen LogP contribution >= 0.6 is 0 Å². The summed E-state index contributed by atoms with van der Waals surface area (Å²) in [6, 6.07) is 9.39. The molecule has 0 radical (unpaired) electrons. The van der Waals surface area contributed by atoms with Crippen molar-refractivity contribution >= 4 is 23.0 Å². The van der Waals surface area contributed by atoms with E-state index in [9.17, 15) is 4.79 Å². The minimum absolute atomic E-state index is 0.196. The molecule has 8 heteroatoms. The van der Waals surface area contributed by atoms with Gasteiger partial charge in [-0.1, -0.05) is 6.07 Å². The molecule has 176 valence electrons. The lowest BCUT2D eigenvalue weighted by Crippen LogP contribution is -2.24. The van der Waals surface area contributed by atoms with Gasteiger partial charge in [0.25, 0.3) is 5.91 Å². The Morgan fingerprint density at radius 2 is 1.76 bits per heavy atom. The first-order valence-corrected chi connectivity index (χ1v) is 11.4. The van der Waals surface area contributed by atoms with Gasteiger partial charge in [-0.3, -0.25) is 25.1 Å². The minimum Gasteiger partial charge on any atom is -0.398 e. The number of carbonyl (C=O) groups excluding carboxylic acids is 1. The van der Waals surface area contributed by atoms with Crippen molar-refractivity contribution < 1.29 is 4.79 Å². The number of pyridine rings is 2. The Morgan fingerprint density at radius 1 is 1.03 bits per heavy atom. The third-order valence-electron chi connectivity index (χ3n) is 5.83. The van der Waals surface area contributed by atoms with Crippen LogP contribution in [-0.4, -0.2) is 58.6 Å². The predicted octanol–water partition coefficient (Wildman–Crippen LogP) is 3.39. The third-order valence-corrected chi connectivity index (χ3v) is 5.83. The molecule has 3 heterocycles. The number of anilines is 2. The van der Waals surface area contributed by atoms with Crippen LogP contribution in [0.25, 0.3) is 11.1 Å². The van der Waals surface area contributed by atoms with E-state index >= 15 is 0 Å². The van der Waals surface area contributed by atoms with E-state index in [-0.39, 0.29) is 5.71 Å². The topological polar surface area (TPSA) is 111 Å². The summed E-state index contributed by atoms with van der Waals surface area (Å²) in [6.07, 6.45) is 9.52. The number of hydrogen-bond donors (Lipinski definition) is 3. The number of hydrogen-bond acceptors (Lipinski definition) is 7. The van der Waals surface area contributed by atoms with Crippen LogP contribution in [0.15, 0.2) is 55.1 Å². The van der Waals surface area contributed by atoms with Gasteiger partial charge < -0.3 is 16.0 Å². The second kappa shape index (κ2) is 10.5. The fourth-order valence-corrected chi connectivity index (χ4v) is 4.21. The molecule has 0 atom stereocenters. The second-order valence-corrected chi connectivity index (χ2v) is 9.02. The van der Waals surface area contributed by atoms with Crippen LogP contribution in [-0.2, 0) is 17.9 Å². The number of nitrogens with zero attached hydrogens (tertiary/aromatic N) is 4. The maximum Gasteiger partial charge on any atom is 0.274 e. The molecule has 0 bridgehead atoms. The van der Waals surface area contributed by atoms with Gasteiger partial charge in [-0.05, 0) is 81.0 Å². The smallest absolute Gasteiger partial charge is 0.274 e. The highest BCUT2D eigenvalue weighted by atomic mass is 16.1. The number of benzene rings is 1. The van der Waals surface area contributed by atoms with Crippen molar-refractivity contribution in [2.24, 2.45) is 0 Å². The first-order valence-electron chi connectivity index (χ1n) is 11.4. The molecule has 1 aliphatic rings. The van der Waals surface area contributed by atoms with Gasteiger partial charge >= 0.3 is 0 Å². The quantitative estimate of drug-likeness (QED) is 0.353. The van der Waals surface area contributed by atoms with E-state index in [4.69, 9.17) is 11.1 Å². The summed E-state index contributed by atoms with van der Waals surface area (Å²) in [7, 11) is 3.93. The van der Waals surface area contributed by atoms with Gasteiger partial charge in [0.2, 0.25) is 0 Å². The number of amides is 1. The molecule has 1 aromatic carbocycles. The molecule has 8 nitrogen and oxygen atoms in total. The Hall–Kier alpha value is -3.62. The molecule has 4 rings (SSSR count). The van der Waals surface area contributed by atoms with E-state index in [0.717, 1.165) is 41.9 Å². The van der Waals surface area contributed by atoms with Crippen molar-refractivity contribution in [3.05, 3.63) is 71.8 Å². The molecule has 1 saturated heterocycles. The molecule has 0 unspecified atom stereocenters. The summed E-state index contributed by atoms with van der Waals surface area (Å²) in [4.78, 5) is 25.9. The standard InChI is InChI=1S/C26H31N7O/c1-32(2)16-19-10-22(15-30-13-19)31-26(34)25(28)23-11-20(5-6-24(23)27)21-9-18(12-29-14-21)17-33-7-3-4-8-33/h5-6,9-15,28H,3-4,7-8,16-17,27H2,1-2H3,(H,31,34). The minimum atomic E-state index is -0.534. The SMILES string of the molecule is CN(C)Cc1cncc(NC(=O)C(=N)c2cc(-c3cncc(CN4CCCC4)c3)ccc2N)c1. The summed E-state index contributed by atoms with van der Waals surface area (Å²) in [5.74, 6) is -0.534. The van der Waals surface area contributed by atoms with Gasteiger partial charge in [-0.15, -0.1) is 0 Å². The zero-order valence-corrected chi connectivity index (χ0v) is 19.7. The normalized spacial score (nSPS) is 13.9. The van der Waals surface area contributed by atoms with Crippen LogP contribution in [0, 0.1) is 5.41 Å². The molecule has 1 amide bonds. The number of nitrogens with two attached hydrogens (primary N) is 1. The number of likely N-dealkylation sites (tertiary alicyclic amines) is 1. The molecular formula is C26H31N7O. The fraction of sp³-hybridized carbons (Fsp3) is 0.308. The Kier molecular flexibility index (Phi) is 7.30. The molecular weight excluding hydrogens is 426 g/mol. The van der Waals surface area contributed by atoms with Crippen LogP contribution < -0.4 is 11.1 Å². The number of nitrogen functional groups attached to an aromatic ring is 1. The first kappa shape index (κ1) is 23.5. The number of rotatable bonds is 8. The van der Waals surface area contributed by atoms with E-state index in [1.807, 2.05) is 37.3 Å². The van der Waals surface area contributed by atoms with Crippen LogP contribution in [0.3, 0.4) is 0 Å². The van der Waals surface area contributed by atoms with Crippen molar-refractivity contribution in [2.75, 3.05) is 38.2 Å². The highest BCUT2D eigenvalue weighted by Crippen LogP contribution is 2.25. The van der Waals surface area contributed by atoms with Crippen LogP contribution in [0.2, 0.25) is 0 Å². The van der Waals surface area contributed by atoms with Gasteiger partial charge in [0.15, 0.2) is 0 Å². The zero-order valence-electron chi connectivity index (χ0n) is 19.7. The Labute approximate surface area is 200 Å². The summed E-state index contributed by atoms with van der Waals surface area (Å²) in [5, 5.41) is 11.3. The molecule has 0 saturated carbocycles. The molecule has 1 fully saturated rings. The summed E-state index contributed by atoms with van der Waals surface area (Å²) in [5.41, 5.74) is 11.2. The lowest BCUT2D eigenvalue weighted by molar-refractivity contribution is -0.110. The van der Waals surface area contributed by atoms with E-state index < -0.39 is 5.91 Å². The number of carbonyl (C=O) groups is 1. The van der Waals surface area contributed by atoms with E-state index in [0.29, 0.717) is 23.5 Å². The van der Waals surface area contributed by atoms with Crippen LogP contribution in [0.4, 0.5) is 11.4 Å². The Morgan fingerprint density at radius 3 is 2.53 bits per heavy atom. The van der Waals surface area contributed by atoms with Crippen molar-refractivity contribution in [2.45, 2.75) is 25.9 Å². The van der Waals surface area contributed by atoms with Gasteiger partial charge in [0, 0.05) is 48.5 Å². The van der Waals surface area contributed by atoms with Crippen molar-refractivity contribution in [3.8, 4) is 11.1 Å². The average Bonchev–Trinajstić information content (AvgIpc) is 3.32. The maximum absolute atomic E-state index is 12.8. The van der Waals surface area contributed by atoms with Crippen molar-refractivity contribution in [1.82, 2.24) is 19.8 Å². The maximum atomic E-state index is 12.8.